The van der Waals surface area contributed by atoms with E-state index in [0.29, 0.717) is 6.04 Å². The van der Waals surface area contributed by atoms with Gasteiger partial charge in [-0.1, -0.05) is 75.4 Å². The van der Waals surface area contributed by atoms with E-state index in [0.717, 1.165) is 54.5 Å². The smallest absolute Gasteiger partial charge is 0.178 e. The van der Waals surface area contributed by atoms with Crippen LogP contribution in [0.3, 0.4) is 0 Å². The summed E-state index contributed by atoms with van der Waals surface area (Å²) in [5.41, 5.74) is 11.0. The fraction of sp³-hybridized carbons (Fsp3) is 0.310. The van der Waals surface area contributed by atoms with Crippen LogP contribution in [0.25, 0.3) is 11.1 Å². The van der Waals surface area contributed by atoms with E-state index in [4.69, 9.17) is 15.0 Å². The van der Waals surface area contributed by atoms with Crippen molar-refractivity contribution in [2.75, 3.05) is 19.6 Å². The lowest BCUT2D eigenvalue weighted by Gasteiger charge is -2.53. The first-order chi connectivity index (χ1) is 24.0. The van der Waals surface area contributed by atoms with Gasteiger partial charge < -0.3 is 19.6 Å². The van der Waals surface area contributed by atoms with Crippen LogP contribution in [0.1, 0.15) is 70.7 Å². The summed E-state index contributed by atoms with van der Waals surface area (Å²) in [6.07, 6.45) is 7.63. The first-order valence-corrected chi connectivity index (χ1v) is 18.0. The molecular weight excluding hydrogens is 603 g/mol. The minimum absolute atomic E-state index is 0.0433. The van der Waals surface area contributed by atoms with Gasteiger partial charge in [-0.05, 0) is 80.7 Å². The topological polar surface area (TPSA) is 51.6 Å². The molecule has 7 nitrogen and oxygen atoms in total. The average molecular weight is 646 g/mol. The molecule has 246 valence electrons. The van der Waals surface area contributed by atoms with Crippen molar-refractivity contribution in [3.63, 3.8) is 0 Å². The Balaban J connectivity index is 1.36. The fourth-order valence-electron chi connectivity index (χ4n) is 9.33. The van der Waals surface area contributed by atoms with Crippen molar-refractivity contribution in [2.45, 2.75) is 78.7 Å². The van der Waals surface area contributed by atoms with Crippen molar-refractivity contribution in [3.8, 4) is 0 Å². The maximum atomic E-state index is 5.32. The Morgan fingerprint density at radius 1 is 0.694 bits per heavy atom. The lowest BCUT2D eigenvalue weighted by atomic mass is 9.64. The summed E-state index contributed by atoms with van der Waals surface area (Å²) in [6.45, 7) is 11.5. The van der Waals surface area contributed by atoms with Crippen LogP contribution < -0.4 is 19.6 Å². The summed E-state index contributed by atoms with van der Waals surface area (Å²) in [6, 6.07) is 33.5. The normalized spacial score (nSPS) is 21.3. The number of para-hydroxylation sites is 3. The minimum atomic E-state index is -0.254. The van der Waals surface area contributed by atoms with Gasteiger partial charge in [0.2, 0.25) is 0 Å². The van der Waals surface area contributed by atoms with Crippen LogP contribution in [-0.2, 0) is 6.42 Å². The summed E-state index contributed by atoms with van der Waals surface area (Å²) in [5, 5.41) is 0. The molecule has 0 N–H and O–H groups in total. The largest absolute Gasteiger partial charge is 0.345 e. The number of fused-ring (bicyclic) bond motifs is 10. The Morgan fingerprint density at radius 2 is 1.37 bits per heavy atom. The van der Waals surface area contributed by atoms with Gasteiger partial charge in [0.1, 0.15) is 12.3 Å². The number of anilines is 7. The van der Waals surface area contributed by atoms with Gasteiger partial charge in [0.05, 0.1) is 29.0 Å². The number of benzene rings is 3. The molecule has 6 heterocycles. The highest BCUT2D eigenvalue weighted by atomic mass is 15.5. The van der Waals surface area contributed by atoms with Crippen molar-refractivity contribution >= 4 is 51.3 Å². The Labute approximate surface area is 289 Å². The predicted octanol–water partition coefficient (Wildman–Crippen LogP) is 9.88. The van der Waals surface area contributed by atoms with E-state index in [1.54, 1.807) is 0 Å². The van der Waals surface area contributed by atoms with Gasteiger partial charge in [-0.2, -0.15) is 0 Å². The van der Waals surface area contributed by atoms with Crippen molar-refractivity contribution in [3.05, 3.63) is 120 Å². The summed E-state index contributed by atoms with van der Waals surface area (Å²) in [7, 11) is 0. The maximum Gasteiger partial charge on any atom is 0.178 e. The number of rotatable bonds is 5. The van der Waals surface area contributed by atoms with Crippen LogP contribution in [0.5, 0.6) is 0 Å². The van der Waals surface area contributed by atoms with Crippen LogP contribution >= 0.6 is 0 Å². The zero-order chi connectivity index (χ0) is 33.4. The van der Waals surface area contributed by atoms with Gasteiger partial charge in [0, 0.05) is 40.9 Å². The Kier molecular flexibility index (Phi) is 6.84. The number of pyridine rings is 1. The number of nitrogens with zero attached hydrogens (tertiary/aromatic N) is 7. The van der Waals surface area contributed by atoms with Crippen LogP contribution in [0, 0.1) is 5.41 Å². The Morgan fingerprint density at radius 3 is 2.08 bits per heavy atom. The van der Waals surface area contributed by atoms with E-state index < -0.39 is 0 Å². The highest BCUT2D eigenvalue weighted by Crippen LogP contribution is 2.64. The predicted molar refractivity (Wildman–Crippen MR) is 201 cm³/mol. The lowest BCUT2D eigenvalue weighted by molar-refractivity contribution is 0.294. The first-order valence-electron chi connectivity index (χ1n) is 18.0. The molecular formula is C42H43N7. The second-order valence-corrected chi connectivity index (χ2v) is 14.0. The highest BCUT2D eigenvalue weighted by molar-refractivity contribution is 6.06. The molecule has 0 aliphatic carbocycles. The van der Waals surface area contributed by atoms with Gasteiger partial charge in [0.15, 0.2) is 17.5 Å². The van der Waals surface area contributed by atoms with E-state index in [2.05, 4.69) is 145 Å². The zero-order valence-electron chi connectivity index (χ0n) is 29.0. The van der Waals surface area contributed by atoms with Crippen LogP contribution in [0.4, 0.5) is 40.2 Å². The molecule has 0 amide bonds. The molecule has 9 rings (SSSR count). The van der Waals surface area contributed by atoms with Crippen LogP contribution in [-0.4, -0.2) is 33.3 Å². The first kappa shape index (κ1) is 29.9. The molecule has 2 unspecified atom stereocenters. The van der Waals surface area contributed by atoms with Crippen molar-refractivity contribution in [1.29, 1.82) is 0 Å². The molecule has 2 aromatic heterocycles. The number of aromatic nitrogens is 3. The molecule has 4 aliphatic rings. The number of hydrogen-bond donors (Lipinski definition) is 0. The monoisotopic (exact) mass is 645 g/mol. The second-order valence-electron chi connectivity index (χ2n) is 14.0. The molecule has 4 aliphatic heterocycles. The molecule has 0 saturated heterocycles. The van der Waals surface area contributed by atoms with Gasteiger partial charge >= 0.3 is 0 Å². The summed E-state index contributed by atoms with van der Waals surface area (Å²) < 4.78 is 0. The standard InChI is InChI=1S/C42H43N7/c1-6-28-26-44-39-40(45-28)47(29-17-10-9-11-18-29)41-42(7-2,8-3)37(31-20-13-15-22-34(31)49(39)41)32-25-36-46(27(4)5)35-23-16-24-43-38(35)48(36)33-21-14-12-19-30(32)33/h9-24,26-27,36,41H,6-8,25H2,1-5H3. The van der Waals surface area contributed by atoms with Gasteiger partial charge in [0.25, 0.3) is 0 Å². The zero-order valence-corrected chi connectivity index (χ0v) is 29.0. The molecule has 3 aromatic carbocycles. The van der Waals surface area contributed by atoms with Gasteiger partial charge in [-0.15, -0.1) is 0 Å². The maximum absolute atomic E-state index is 5.32. The number of hydrogen-bond acceptors (Lipinski definition) is 7. The molecule has 2 atom stereocenters. The summed E-state index contributed by atoms with van der Waals surface area (Å²) >= 11 is 0. The van der Waals surface area contributed by atoms with Crippen molar-refractivity contribution < 1.29 is 0 Å². The Hall–Kier alpha value is -5.17. The van der Waals surface area contributed by atoms with E-state index >= 15 is 0 Å². The molecule has 0 bridgehead atoms. The van der Waals surface area contributed by atoms with Gasteiger partial charge in [-0.25, -0.2) is 15.0 Å². The Bertz CT molecular complexity index is 2100. The quantitative estimate of drug-likeness (QED) is 0.189. The highest BCUT2D eigenvalue weighted by Gasteiger charge is 2.58. The summed E-state index contributed by atoms with van der Waals surface area (Å²) in [5.74, 6) is 2.93. The molecule has 49 heavy (non-hydrogen) atoms. The number of aryl methyl sites for hydroxylation is 1. The van der Waals surface area contributed by atoms with Crippen LogP contribution in [0.15, 0.2) is 103 Å². The third kappa shape index (κ3) is 4.05. The summed E-state index contributed by atoms with van der Waals surface area (Å²) in [4.78, 5) is 25.6. The fourth-order valence-corrected chi connectivity index (χ4v) is 9.33. The van der Waals surface area contributed by atoms with E-state index in [-0.39, 0.29) is 17.7 Å². The third-order valence-corrected chi connectivity index (χ3v) is 11.4. The average Bonchev–Trinajstić information content (AvgIpc) is 3.68. The minimum Gasteiger partial charge on any atom is -0.345 e. The second kappa shape index (κ2) is 11.2. The molecule has 0 radical (unpaired) electrons. The third-order valence-electron chi connectivity index (χ3n) is 11.4. The molecule has 0 spiro atoms. The van der Waals surface area contributed by atoms with Crippen molar-refractivity contribution in [1.82, 2.24) is 15.0 Å². The van der Waals surface area contributed by atoms with E-state index in [9.17, 15) is 0 Å². The molecule has 5 aromatic rings. The molecule has 7 heteroatoms. The van der Waals surface area contributed by atoms with E-state index in [1.165, 1.54) is 39.3 Å². The van der Waals surface area contributed by atoms with E-state index in [1.807, 2.05) is 12.4 Å². The SMILES string of the molecule is CCc1cnc2c(n1)N(c1ccccc1)C1N2c2ccccc2C(=C2CC3N(c4ccccc42)c2ncccc2N3C(C)C)C1(CC)CC. The molecule has 0 fully saturated rings. The lowest BCUT2D eigenvalue weighted by Crippen LogP contribution is -2.55. The molecule has 0 saturated carbocycles. The van der Waals surface area contributed by atoms with Gasteiger partial charge in [-0.3, -0.25) is 0 Å². The van der Waals surface area contributed by atoms with Crippen molar-refractivity contribution in [2.24, 2.45) is 5.41 Å². The van der Waals surface area contributed by atoms with Crippen LogP contribution in [0.2, 0.25) is 0 Å².